The van der Waals surface area contributed by atoms with E-state index in [4.69, 9.17) is 4.74 Å². The minimum atomic E-state index is -0.903. The Morgan fingerprint density at radius 2 is 1.72 bits per heavy atom. The number of carbonyl (C=O) groups excluding carboxylic acids is 1. The van der Waals surface area contributed by atoms with E-state index in [2.05, 4.69) is 5.32 Å². The molecule has 0 aromatic heterocycles. The predicted octanol–water partition coefficient (Wildman–Crippen LogP) is 2.69. The van der Waals surface area contributed by atoms with E-state index in [1.54, 1.807) is 7.11 Å². The molecule has 2 rings (SSSR count). The van der Waals surface area contributed by atoms with Crippen LogP contribution in [-0.4, -0.2) is 30.6 Å². The summed E-state index contributed by atoms with van der Waals surface area (Å²) < 4.78 is 5.10. The van der Waals surface area contributed by atoms with Crippen molar-refractivity contribution in [1.29, 1.82) is 0 Å². The molecule has 0 spiro atoms. The molecule has 1 atom stereocenters. The highest BCUT2D eigenvalue weighted by Gasteiger charge is 2.18. The first-order valence-electron chi connectivity index (χ1n) is 8.25. The Balaban J connectivity index is 1.79. The fourth-order valence-corrected chi connectivity index (χ4v) is 2.52. The molecule has 0 aliphatic carbocycles. The summed E-state index contributed by atoms with van der Waals surface area (Å²) in [6.45, 7) is 0.131. The highest BCUT2D eigenvalue weighted by molar-refractivity contribution is 5.77. The van der Waals surface area contributed by atoms with Gasteiger partial charge in [0, 0.05) is 13.0 Å². The summed E-state index contributed by atoms with van der Waals surface area (Å²) in [7, 11) is 1.61. The van der Waals surface area contributed by atoms with E-state index in [-0.39, 0.29) is 12.5 Å². The molecule has 1 amide bonds. The molecule has 132 valence electrons. The molecule has 2 aromatic carbocycles. The number of hydrogen-bond donors (Lipinski definition) is 2. The lowest BCUT2D eigenvalue weighted by Crippen LogP contribution is -2.34. The van der Waals surface area contributed by atoms with Gasteiger partial charge in [0.1, 0.15) is 5.75 Å². The SMILES string of the molecule is COc1ccc(CCC(=O)NCC(Cc2ccccc2)C(=O)O)cc1. The molecule has 5 nitrogen and oxygen atoms in total. The predicted molar refractivity (Wildman–Crippen MR) is 95.6 cm³/mol. The molecule has 0 fully saturated rings. The van der Waals surface area contributed by atoms with Gasteiger partial charge in [-0.25, -0.2) is 0 Å². The van der Waals surface area contributed by atoms with Gasteiger partial charge in [-0.05, 0) is 36.1 Å². The van der Waals surface area contributed by atoms with Gasteiger partial charge in [-0.2, -0.15) is 0 Å². The van der Waals surface area contributed by atoms with Gasteiger partial charge < -0.3 is 15.2 Å². The maximum Gasteiger partial charge on any atom is 0.308 e. The summed E-state index contributed by atoms with van der Waals surface area (Å²) in [4.78, 5) is 23.4. The van der Waals surface area contributed by atoms with E-state index in [1.165, 1.54) is 0 Å². The lowest BCUT2D eigenvalue weighted by atomic mass is 9.99. The number of rotatable bonds is 9. The van der Waals surface area contributed by atoms with Crippen LogP contribution in [0.25, 0.3) is 0 Å². The first kappa shape index (κ1) is 18.5. The fraction of sp³-hybridized carbons (Fsp3) is 0.300. The lowest BCUT2D eigenvalue weighted by Gasteiger charge is -2.13. The number of benzene rings is 2. The normalized spacial score (nSPS) is 11.6. The Morgan fingerprint density at radius 1 is 1.04 bits per heavy atom. The minimum absolute atomic E-state index is 0.131. The molecular weight excluding hydrogens is 318 g/mol. The molecule has 5 heteroatoms. The average Bonchev–Trinajstić information content (AvgIpc) is 2.64. The third-order valence-electron chi connectivity index (χ3n) is 4.02. The number of hydrogen-bond acceptors (Lipinski definition) is 3. The maximum absolute atomic E-state index is 12.0. The monoisotopic (exact) mass is 341 g/mol. The van der Waals surface area contributed by atoms with Crippen molar-refractivity contribution in [3.8, 4) is 5.75 Å². The van der Waals surface area contributed by atoms with E-state index in [9.17, 15) is 14.7 Å². The van der Waals surface area contributed by atoms with Crippen LogP contribution in [0.2, 0.25) is 0 Å². The van der Waals surface area contributed by atoms with Crippen molar-refractivity contribution in [3.05, 3.63) is 65.7 Å². The van der Waals surface area contributed by atoms with Crippen LogP contribution in [0.5, 0.6) is 5.75 Å². The van der Waals surface area contributed by atoms with E-state index < -0.39 is 11.9 Å². The van der Waals surface area contributed by atoms with Gasteiger partial charge >= 0.3 is 5.97 Å². The molecule has 0 radical (unpaired) electrons. The molecule has 0 saturated heterocycles. The molecule has 0 saturated carbocycles. The summed E-state index contributed by atoms with van der Waals surface area (Å²) in [6, 6.07) is 17.0. The summed E-state index contributed by atoms with van der Waals surface area (Å²) in [5, 5.41) is 12.1. The Morgan fingerprint density at radius 3 is 2.32 bits per heavy atom. The molecule has 0 aliphatic heterocycles. The zero-order valence-electron chi connectivity index (χ0n) is 14.3. The van der Waals surface area contributed by atoms with Gasteiger partial charge in [-0.15, -0.1) is 0 Å². The van der Waals surface area contributed by atoms with Gasteiger partial charge in [0.2, 0.25) is 5.91 Å². The van der Waals surface area contributed by atoms with Crippen LogP contribution in [0.3, 0.4) is 0 Å². The standard InChI is InChI=1S/C20H23NO4/c1-25-18-10-7-15(8-11-18)9-12-19(22)21-14-17(20(23)24)13-16-5-3-2-4-6-16/h2-8,10-11,17H,9,12-14H2,1H3,(H,21,22)(H,23,24). The molecular formula is C20H23NO4. The number of aryl methyl sites for hydroxylation is 1. The van der Waals surface area contributed by atoms with Gasteiger partial charge in [0.25, 0.3) is 0 Å². The summed E-state index contributed by atoms with van der Waals surface area (Å²) in [5.41, 5.74) is 1.98. The van der Waals surface area contributed by atoms with Gasteiger partial charge in [0.15, 0.2) is 0 Å². The van der Waals surface area contributed by atoms with Crippen molar-refractivity contribution < 1.29 is 19.4 Å². The van der Waals surface area contributed by atoms with Gasteiger partial charge in [-0.3, -0.25) is 9.59 Å². The quantitative estimate of drug-likeness (QED) is 0.735. The fourth-order valence-electron chi connectivity index (χ4n) is 2.52. The van der Waals surface area contributed by atoms with Crippen molar-refractivity contribution in [2.45, 2.75) is 19.3 Å². The highest BCUT2D eigenvalue weighted by atomic mass is 16.5. The first-order chi connectivity index (χ1) is 12.1. The van der Waals surface area contributed by atoms with Crippen LogP contribution in [0.15, 0.2) is 54.6 Å². The Hall–Kier alpha value is -2.82. The van der Waals surface area contributed by atoms with E-state index in [0.29, 0.717) is 19.3 Å². The third kappa shape index (κ3) is 6.30. The first-order valence-corrected chi connectivity index (χ1v) is 8.25. The summed E-state index contributed by atoms with van der Waals surface area (Å²) in [6.07, 6.45) is 1.32. The van der Waals surface area contributed by atoms with Crippen LogP contribution < -0.4 is 10.1 Å². The Kier molecular flexibility index (Phi) is 7.01. The van der Waals surface area contributed by atoms with Crippen LogP contribution in [0, 0.1) is 5.92 Å². The van der Waals surface area contributed by atoms with E-state index in [1.807, 2.05) is 54.6 Å². The Labute approximate surface area is 147 Å². The van der Waals surface area contributed by atoms with Crippen molar-refractivity contribution in [1.82, 2.24) is 5.32 Å². The number of aliphatic carboxylic acids is 1. The van der Waals surface area contributed by atoms with E-state index >= 15 is 0 Å². The van der Waals surface area contributed by atoms with Crippen LogP contribution in [0.1, 0.15) is 17.5 Å². The number of carbonyl (C=O) groups is 2. The van der Waals surface area contributed by atoms with Gasteiger partial charge in [0.05, 0.1) is 13.0 Å². The smallest absolute Gasteiger partial charge is 0.308 e. The average molecular weight is 341 g/mol. The van der Waals surface area contributed by atoms with Crippen molar-refractivity contribution >= 4 is 11.9 Å². The number of carboxylic acid groups (broad SMARTS) is 1. The zero-order chi connectivity index (χ0) is 18.1. The van der Waals surface area contributed by atoms with E-state index in [0.717, 1.165) is 16.9 Å². The number of amides is 1. The van der Waals surface area contributed by atoms with Crippen LogP contribution in [-0.2, 0) is 22.4 Å². The number of carboxylic acids is 1. The van der Waals surface area contributed by atoms with Crippen LogP contribution in [0.4, 0.5) is 0 Å². The molecule has 25 heavy (non-hydrogen) atoms. The largest absolute Gasteiger partial charge is 0.497 e. The molecule has 0 aliphatic rings. The summed E-state index contributed by atoms with van der Waals surface area (Å²) >= 11 is 0. The second-order valence-electron chi connectivity index (χ2n) is 5.88. The summed E-state index contributed by atoms with van der Waals surface area (Å²) in [5.74, 6) is -0.903. The topological polar surface area (TPSA) is 75.6 Å². The highest BCUT2D eigenvalue weighted by Crippen LogP contribution is 2.13. The second kappa shape index (κ2) is 9.47. The molecule has 0 heterocycles. The maximum atomic E-state index is 12.0. The molecule has 2 aromatic rings. The zero-order valence-corrected chi connectivity index (χ0v) is 14.3. The minimum Gasteiger partial charge on any atom is -0.497 e. The molecule has 1 unspecified atom stereocenters. The lowest BCUT2D eigenvalue weighted by molar-refractivity contribution is -0.141. The van der Waals surface area contributed by atoms with Crippen molar-refractivity contribution in [2.75, 3.05) is 13.7 Å². The van der Waals surface area contributed by atoms with Crippen LogP contribution >= 0.6 is 0 Å². The number of methoxy groups -OCH3 is 1. The number of ether oxygens (including phenoxy) is 1. The Bertz CT molecular complexity index is 683. The van der Waals surface area contributed by atoms with Crippen molar-refractivity contribution in [3.63, 3.8) is 0 Å². The second-order valence-corrected chi connectivity index (χ2v) is 5.88. The van der Waals surface area contributed by atoms with Gasteiger partial charge in [-0.1, -0.05) is 42.5 Å². The molecule has 2 N–H and O–H groups in total. The van der Waals surface area contributed by atoms with Crippen molar-refractivity contribution in [2.24, 2.45) is 5.92 Å². The number of nitrogens with one attached hydrogen (secondary N) is 1. The third-order valence-corrected chi connectivity index (χ3v) is 4.02. The molecule has 0 bridgehead atoms.